The zero-order valence-corrected chi connectivity index (χ0v) is 21.4. The third-order valence-corrected chi connectivity index (χ3v) is 7.12. The van der Waals surface area contributed by atoms with E-state index in [1.807, 2.05) is 25.9 Å². The second kappa shape index (κ2) is 9.94. The number of nitrogens with one attached hydrogen (secondary N) is 3. The van der Waals surface area contributed by atoms with Crippen molar-refractivity contribution < 1.29 is 12.8 Å². The van der Waals surface area contributed by atoms with Crippen LogP contribution in [-0.2, 0) is 10.0 Å². The van der Waals surface area contributed by atoms with Crippen molar-refractivity contribution in [3.8, 4) is 11.4 Å². The van der Waals surface area contributed by atoms with Crippen LogP contribution in [0.5, 0.6) is 0 Å². The topological polar surface area (TPSA) is 116 Å². The Morgan fingerprint density at radius 2 is 1.89 bits per heavy atom. The molecule has 4 aromatic rings. The van der Waals surface area contributed by atoms with Crippen LogP contribution in [0.2, 0.25) is 10.0 Å². The molecule has 0 unspecified atom stereocenters. The molecule has 2 aromatic carbocycles. The third kappa shape index (κ3) is 5.32. The van der Waals surface area contributed by atoms with Gasteiger partial charge in [0.2, 0.25) is 0 Å². The van der Waals surface area contributed by atoms with Crippen LogP contribution in [-0.4, -0.2) is 60.7 Å². The average molecular weight is 538 g/mol. The number of fused-ring (bicyclic) bond motifs is 1. The number of benzene rings is 2. The number of sulfonamides is 1. The highest BCUT2D eigenvalue weighted by molar-refractivity contribution is 7.92. The summed E-state index contributed by atoms with van der Waals surface area (Å²) >= 11 is 12.1. The van der Waals surface area contributed by atoms with Crippen LogP contribution in [0.1, 0.15) is 5.69 Å². The summed E-state index contributed by atoms with van der Waals surface area (Å²) in [6.45, 7) is 3.32. The second-order valence-corrected chi connectivity index (χ2v) is 10.5. The largest absolute Gasteiger partial charge is 0.368 e. The van der Waals surface area contributed by atoms with Crippen LogP contribution in [0, 0.1) is 12.7 Å². The highest BCUT2D eigenvalue weighted by atomic mass is 35.5. The van der Waals surface area contributed by atoms with Gasteiger partial charge in [0.1, 0.15) is 10.7 Å². The van der Waals surface area contributed by atoms with Gasteiger partial charge < -0.3 is 10.2 Å². The highest BCUT2D eigenvalue weighted by Gasteiger charge is 2.22. The number of aromatic nitrogens is 4. The van der Waals surface area contributed by atoms with Crippen molar-refractivity contribution in [2.45, 2.75) is 11.8 Å². The zero-order chi connectivity index (χ0) is 25.3. The molecule has 35 heavy (non-hydrogen) atoms. The van der Waals surface area contributed by atoms with Gasteiger partial charge in [-0.25, -0.2) is 22.8 Å². The Labute approximate surface area is 211 Å². The van der Waals surface area contributed by atoms with Crippen LogP contribution in [0.3, 0.4) is 0 Å². The van der Waals surface area contributed by atoms with Crippen LogP contribution in [0.25, 0.3) is 22.4 Å². The molecule has 0 amide bonds. The van der Waals surface area contributed by atoms with E-state index in [0.29, 0.717) is 29.4 Å². The molecule has 0 aliphatic rings. The van der Waals surface area contributed by atoms with E-state index in [-0.39, 0.29) is 15.7 Å². The molecule has 0 aliphatic carbocycles. The summed E-state index contributed by atoms with van der Waals surface area (Å²) in [6.07, 6.45) is 0. The number of likely N-dealkylation sites (N-methyl/N-ethyl adjacent to an activating group) is 1. The van der Waals surface area contributed by atoms with E-state index in [1.165, 1.54) is 24.3 Å². The molecule has 9 nitrogen and oxygen atoms in total. The molecule has 0 bridgehead atoms. The summed E-state index contributed by atoms with van der Waals surface area (Å²) < 4.78 is 42.0. The number of hydrogen-bond donors (Lipinski definition) is 3. The quantitative estimate of drug-likeness (QED) is 0.302. The molecule has 0 radical (unpaired) electrons. The van der Waals surface area contributed by atoms with E-state index < -0.39 is 20.7 Å². The van der Waals surface area contributed by atoms with Gasteiger partial charge in [0.15, 0.2) is 17.3 Å². The molecule has 2 aromatic heterocycles. The van der Waals surface area contributed by atoms with E-state index in [4.69, 9.17) is 23.2 Å². The van der Waals surface area contributed by atoms with E-state index in [9.17, 15) is 12.8 Å². The lowest BCUT2D eigenvalue weighted by Crippen LogP contribution is -2.21. The Bertz CT molecular complexity index is 1510. The molecule has 3 N–H and O–H groups in total. The summed E-state index contributed by atoms with van der Waals surface area (Å²) in [6, 6.07) is 8.33. The van der Waals surface area contributed by atoms with Gasteiger partial charge in [-0.2, -0.15) is 5.10 Å². The van der Waals surface area contributed by atoms with E-state index >= 15 is 0 Å². The lowest BCUT2D eigenvalue weighted by Gasteiger charge is -2.13. The number of aromatic amines is 1. The Kier molecular flexibility index (Phi) is 7.13. The molecule has 13 heteroatoms. The maximum atomic E-state index is 14.3. The molecule has 0 fully saturated rings. The lowest BCUT2D eigenvalue weighted by molar-refractivity contribution is 0.425. The number of rotatable bonds is 8. The first-order chi connectivity index (χ1) is 16.6. The lowest BCUT2D eigenvalue weighted by atomic mass is 10.2. The standard InChI is InChI=1S/C22H22Cl2FN7O2S/c1-12-18-21(26-9-10-32(2)3)27-20(28-22(18)30-29-12)13-7-8-16(15(24)11-13)31-35(33,34)17-6-4-5-14(23)19(17)25/h4-8,11,31H,9-10H2,1-3H3,(H2,26,27,28,29,30). The SMILES string of the molecule is Cc1n[nH]c2nc(-c3ccc(NS(=O)(=O)c4cccc(Cl)c4F)c(Cl)c3)nc(NCCN(C)C)c12. The minimum atomic E-state index is -4.27. The molecular formula is C22H22Cl2FN7O2S. The maximum Gasteiger partial charge on any atom is 0.264 e. The minimum Gasteiger partial charge on any atom is -0.368 e. The normalized spacial score (nSPS) is 11.9. The van der Waals surface area contributed by atoms with Crippen LogP contribution < -0.4 is 10.0 Å². The first-order valence-electron chi connectivity index (χ1n) is 10.4. The van der Waals surface area contributed by atoms with Crippen molar-refractivity contribution in [2.24, 2.45) is 0 Å². The molecular weight excluding hydrogens is 516 g/mol. The first kappa shape index (κ1) is 25.1. The van der Waals surface area contributed by atoms with Crippen LogP contribution >= 0.6 is 23.2 Å². The number of anilines is 2. The fraction of sp³-hybridized carbons (Fsp3) is 0.227. The van der Waals surface area contributed by atoms with Gasteiger partial charge in [-0.05, 0) is 51.4 Å². The van der Waals surface area contributed by atoms with Crippen LogP contribution in [0.15, 0.2) is 41.3 Å². The van der Waals surface area contributed by atoms with Crippen molar-refractivity contribution in [1.82, 2.24) is 25.1 Å². The Morgan fingerprint density at radius 1 is 1.11 bits per heavy atom. The minimum absolute atomic E-state index is 0.0672. The van der Waals surface area contributed by atoms with Gasteiger partial charge in [0.05, 0.1) is 26.8 Å². The van der Waals surface area contributed by atoms with Gasteiger partial charge in [-0.3, -0.25) is 9.82 Å². The zero-order valence-electron chi connectivity index (χ0n) is 19.0. The van der Waals surface area contributed by atoms with Gasteiger partial charge in [-0.1, -0.05) is 29.3 Å². The molecule has 0 aliphatic heterocycles. The highest BCUT2D eigenvalue weighted by Crippen LogP contribution is 2.32. The number of H-pyrrole nitrogens is 1. The number of halogens is 3. The Morgan fingerprint density at radius 3 is 2.60 bits per heavy atom. The maximum absolute atomic E-state index is 14.3. The summed E-state index contributed by atoms with van der Waals surface area (Å²) in [5.74, 6) is -0.0543. The third-order valence-electron chi connectivity index (χ3n) is 5.13. The van der Waals surface area contributed by atoms with E-state index in [0.717, 1.165) is 23.7 Å². The number of aryl methyl sites for hydroxylation is 1. The fourth-order valence-electron chi connectivity index (χ4n) is 3.36. The summed E-state index contributed by atoms with van der Waals surface area (Å²) in [5, 5.41) is 11.0. The molecule has 2 heterocycles. The number of hydrogen-bond acceptors (Lipinski definition) is 7. The summed E-state index contributed by atoms with van der Waals surface area (Å²) in [5.41, 5.74) is 1.93. The predicted molar refractivity (Wildman–Crippen MR) is 136 cm³/mol. The second-order valence-electron chi connectivity index (χ2n) is 8.01. The molecule has 0 saturated heterocycles. The predicted octanol–water partition coefficient (Wildman–Crippen LogP) is 4.55. The van der Waals surface area contributed by atoms with Crippen molar-refractivity contribution in [3.05, 3.63) is 58.0 Å². The Balaban J connectivity index is 1.66. The van der Waals surface area contributed by atoms with Gasteiger partial charge >= 0.3 is 0 Å². The van der Waals surface area contributed by atoms with Crippen LogP contribution in [0.4, 0.5) is 15.9 Å². The van der Waals surface area contributed by atoms with E-state index in [2.05, 4.69) is 30.2 Å². The molecule has 4 rings (SSSR count). The van der Waals surface area contributed by atoms with Crippen molar-refractivity contribution in [1.29, 1.82) is 0 Å². The monoisotopic (exact) mass is 537 g/mol. The van der Waals surface area contributed by atoms with E-state index in [1.54, 1.807) is 6.07 Å². The Hall–Kier alpha value is -2.99. The molecule has 0 spiro atoms. The van der Waals surface area contributed by atoms with Crippen molar-refractivity contribution in [2.75, 3.05) is 37.2 Å². The van der Waals surface area contributed by atoms with Gasteiger partial charge in [-0.15, -0.1) is 0 Å². The number of nitrogens with zero attached hydrogens (tertiary/aromatic N) is 4. The average Bonchev–Trinajstić information content (AvgIpc) is 3.17. The fourth-order valence-corrected chi connectivity index (χ4v) is 5.06. The van der Waals surface area contributed by atoms with Gasteiger partial charge in [0.25, 0.3) is 10.0 Å². The molecule has 184 valence electrons. The molecule has 0 atom stereocenters. The smallest absolute Gasteiger partial charge is 0.264 e. The van der Waals surface area contributed by atoms with Crippen molar-refractivity contribution in [3.63, 3.8) is 0 Å². The first-order valence-corrected chi connectivity index (χ1v) is 12.7. The summed E-state index contributed by atoms with van der Waals surface area (Å²) in [4.78, 5) is 10.7. The van der Waals surface area contributed by atoms with Crippen molar-refractivity contribution >= 4 is 55.8 Å². The van der Waals surface area contributed by atoms with Gasteiger partial charge in [0, 0.05) is 18.7 Å². The molecule has 0 saturated carbocycles. The summed E-state index contributed by atoms with van der Waals surface area (Å²) in [7, 11) is -0.316.